The second-order valence-corrected chi connectivity index (χ2v) is 6.66. The minimum atomic E-state index is -0.290. The van der Waals surface area contributed by atoms with Crippen LogP contribution in [-0.4, -0.2) is 33.4 Å². The fraction of sp³-hybridized carbons (Fsp3) is 0.143. The summed E-state index contributed by atoms with van der Waals surface area (Å²) in [5, 5.41) is 3.31. The molecular weight excluding hydrogens is 341 g/mol. The second-order valence-electron chi connectivity index (χ2n) is 6.66. The van der Waals surface area contributed by atoms with Gasteiger partial charge in [-0.1, -0.05) is 12.1 Å². The van der Waals surface area contributed by atoms with Crippen LogP contribution < -0.4 is 5.32 Å². The standard InChI is InChI=1S/C21H20FN5/c1-26(2)14-15-9-11-27-19(12-15)25-20(18-8-3-4-10-23-18)21(27)24-17-7-5-6-16(22)13-17/h3-13,24H,14H2,1-2H3. The van der Waals surface area contributed by atoms with Gasteiger partial charge in [-0.2, -0.15) is 0 Å². The molecule has 0 saturated heterocycles. The highest BCUT2D eigenvalue weighted by molar-refractivity contribution is 5.78. The Labute approximate surface area is 157 Å². The molecule has 3 heterocycles. The van der Waals surface area contributed by atoms with Crippen LogP contribution in [0.1, 0.15) is 5.56 Å². The molecule has 27 heavy (non-hydrogen) atoms. The lowest BCUT2D eigenvalue weighted by Gasteiger charge is -2.11. The number of anilines is 2. The molecule has 0 fully saturated rings. The van der Waals surface area contributed by atoms with E-state index in [1.165, 1.54) is 17.7 Å². The Hall–Kier alpha value is -3.25. The maximum Gasteiger partial charge on any atom is 0.144 e. The maximum absolute atomic E-state index is 13.6. The molecule has 3 aromatic heterocycles. The van der Waals surface area contributed by atoms with Crippen LogP contribution in [0.2, 0.25) is 0 Å². The van der Waals surface area contributed by atoms with Crippen LogP contribution >= 0.6 is 0 Å². The molecule has 0 bridgehead atoms. The van der Waals surface area contributed by atoms with Crippen LogP contribution in [0.25, 0.3) is 17.0 Å². The number of fused-ring (bicyclic) bond motifs is 1. The number of halogens is 1. The van der Waals surface area contributed by atoms with Crippen molar-refractivity contribution in [2.75, 3.05) is 19.4 Å². The number of rotatable bonds is 5. The monoisotopic (exact) mass is 361 g/mol. The van der Waals surface area contributed by atoms with E-state index in [0.717, 1.165) is 29.4 Å². The number of hydrogen-bond donors (Lipinski definition) is 1. The summed E-state index contributed by atoms with van der Waals surface area (Å²) in [5.74, 6) is 0.465. The van der Waals surface area contributed by atoms with E-state index in [0.29, 0.717) is 5.69 Å². The fourth-order valence-corrected chi connectivity index (χ4v) is 3.05. The zero-order chi connectivity index (χ0) is 18.8. The zero-order valence-corrected chi connectivity index (χ0v) is 15.2. The normalized spacial score (nSPS) is 11.3. The van der Waals surface area contributed by atoms with Crippen molar-refractivity contribution < 1.29 is 4.39 Å². The predicted octanol–water partition coefficient (Wildman–Crippen LogP) is 4.34. The molecule has 5 nitrogen and oxygen atoms in total. The summed E-state index contributed by atoms with van der Waals surface area (Å²) in [6, 6.07) is 16.2. The number of imidazole rings is 1. The van der Waals surface area contributed by atoms with Crippen molar-refractivity contribution in [2.45, 2.75) is 6.54 Å². The van der Waals surface area contributed by atoms with Crippen molar-refractivity contribution in [2.24, 2.45) is 0 Å². The number of pyridine rings is 2. The molecule has 0 aliphatic heterocycles. The van der Waals surface area contributed by atoms with Crippen molar-refractivity contribution in [1.29, 1.82) is 0 Å². The van der Waals surface area contributed by atoms with E-state index in [9.17, 15) is 4.39 Å². The summed E-state index contributed by atoms with van der Waals surface area (Å²) < 4.78 is 15.6. The Bertz CT molecular complexity index is 1070. The Balaban J connectivity index is 1.85. The van der Waals surface area contributed by atoms with Crippen LogP contribution in [0.5, 0.6) is 0 Å². The van der Waals surface area contributed by atoms with Gasteiger partial charge in [-0.05, 0) is 62.1 Å². The third-order valence-electron chi connectivity index (χ3n) is 4.18. The molecule has 4 aromatic rings. The fourth-order valence-electron chi connectivity index (χ4n) is 3.05. The minimum absolute atomic E-state index is 0.290. The summed E-state index contributed by atoms with van der Waals surface area (Å²) in [5.41, 5.74) is 4.12. The Morgan fingerprint density at radius 3 is 2.70 bits per heavy atom. The molecule has 0 amide bonds. The van der Waals surface area contributed by atoms with Crippen molar-refractivity contribution in [3.8, 4) is 11.4 Å². The lowest BCUT2D eigenvalue weighted by molar-refractivity contribution is 0.402. The Kier molecular flexibility index (Phi) is 4.56. The van der Waals surface area contributed by atoms with Crippen LogP contribution in [0, 0.1) is 5.82 Å². The average Bonchev–Trinajstić information content (AvgIpc) is 3.00. The topological polar surface area (TPSA) is 45.5 Å². The van der Waals surface area contributed by atoms with E-state index >= 15 is 0 Å². The van der Waals surface area contributed by atoms with Gasteiger partial charge in [-0.3, -0.25) is 9.38 Å². The molecule has 0 aliphatic carbocycles. The third kappa shape index (κ3) is 3.66. The van der Waals surface area contributed by atoms with Crippen LogP contribution in [0.3, 0.4) is 0 Å². The molecule has 1 N–H and O–H groups in total. The van der Waals surface area contributed by atoms with Gasteiger partial charge in [-0.25, -0.2) is 9.37 Å². The average molecular weight is 361 g/mol. The molecule has 0 spiro atoms. The SMILES string of the molecule is CN(C)Cc1ccn2c(Nc3cccc(F)c3)c(-c3ccccn3)nc2c1. The molecule has 0 aliphatic rings. The number of aromatic nitrogens is 3. The number of benzene rings is 1. The Morgan fingerprint density at radius 1 is 1.07 bits per heavy atom. The smallest absolute Gasteiger partial charge is 0.144 e. The molecular formula is C21H20FN5. The molecule has 4 rings (SSSR count). The molecule has 0 atom stereocenters. The van der Waals surface area contributed by atoms with Crippen LogP contribution in [-0.2, 0) is 6.54 Å². The van der Waals surface area contributed by atoms with E-state index in [4.69, 9.17) is 4.98 Å². The number of nitrogens with one attached hydrogen (secondary N) is 1. The van der Waals surface area contributed by atoms with Gasteiger partial charge < -0.3 is 10.2 Å². The summed E-state index contributed by atoms with van der Waals surface area (Å²) in [7, 11) is 4.07. The highest BCUT2D eigenvalue weighted by atomic mass is 19.1. The van der Waals surface area contributed by atoms with E-state index in [-0.39, 0.29) is 5.82 Å². The van der Waals surface area contributed by atoms with E-state index in [1.54, 1.807) is 12.3 Å². The highest BCUT2D eigenvalue weighted by Crippen LogP contribution is 2.30. The first-order valence-corrected chi connectivity index (χ1v) is 8.70. The quantitative estimate of drug-likeness (QED) is 0.574. The van der Waals surface area contributed by atoms with E-state index in [2.05, 4.69) is 27.3 Å². The van der Waals surface area contributed by atoms with Gasteiger partial charge in [0.2, 0.25) is 0 Å². The molecule has 1 aromatic carbocycles. The van der Waals surface area contributed by atoms with Gasteiger partial charge in [0.1, 0.15) is 23.0 Å². The van der Waals surface area contributed by atoms with Gasteiger partial charge in [0.15, 0.2) is 0 Å². The van der Waals surface area contributed by atoms with Crippen molar-refractivity contribution in [3.05, 3.63) is 78.4 Å². The highest BCUT2D eigenvalue weighted by Gasteiger charge is 2.16. The summed E-state index contributed by atoms with van der Waals surface area (Å²) in [4.78, 5) is 11.3. The van der Waals surface area contributed by atoms with Gasteiger partial charge >= 0.3 is 0 Å². The molecule has 136 valence electrons. The lowest BCUT2D eigenvalue weighted by atomic mass is 10.2. The first-order valence-electron chi connectivity index (χ1n) is 8.70. The van der Waals surface area contributed by atoms with Gasteiger partial charge in [0, 0.05) is 24.6 Å². The van der Waals surface area contributed by atoms with Gasteiger partial charge in [-0.15, -0.1) is 0 Å². The summed E-state index contributed by atoms with van der Waals surface area (Å²) in [6.07, 6.45) is 3.72. The number of hydrogen-bond acceptors (Lipinski definition) is 4. The van der Waals surface area contributed by atoms with Crippen molar-refractivity contribution in [3.63, 3.8) is 0 Å². The van der Waals surface area contributed by atoms with Crippen LogP contribution in [0.4, 0.5) is 15.9 Å². The van der Waals surface area contributed by atoms with E-state index in [1.807, 2.05) is 49.0 Å². The summed E-state index contributed by atoms with van der Waals surface area (Å²) >= 11 is 0. The maximum atomic E-state index is 13.6. The first-order chi connectivity index (χ1) is 13.1. The summed E-state index contributed by atoms with van der Waals surface area (Å²) in [6.45, 7) is 0.828. The lowest BCUT2D eigenvalue weighted by Crippen LogP contribution is -2.10. The largest absolute Gasteiger partial charge is 0.339 e. The zero-order valence-electron chi connectivity index (χ0n) is 15.2. The minimum Gasteiger partial charge on any atom is -0.339 e. The van der Waals surface area contributed by atoms with Crippen LogP contribution in [0.15, 0.2) is 67.0 Å². The Morgan fingerprint density at radius 2 is 1.96 bits per heavy atom. The van der Waals surface area contributed by atoms with E-state index < -0.39 is 0 Å². The molecule has 0 unspecified atom stereocenters. The second kappa shape index (κ2) is 7.17. The molecule has 0 radical (unpaired) electrons. The van der Waals surface area contributed by atoms with Crippen molar-refractivity contribution >= 4 is 17.2 Å². The third-order valence-corrected chi connectivity index (χ3v) is 4.18. The predicted molar refractivity (Wildman–Crippen MR) is 105 cm³/mol. The van der Waals surface area contributed by atoms with Gasteiger partial charge in [0.05, 0.1) is 5.69 Å². The molecule has 0 saturated carbocycles. The first kappa shape index (κ1) is 17.2. The van der Waals surface area contributed by atoms with Gasteiger partial charge in [0.25, 0.3) is 0 Å². The van der Waals surface area contributed by atoms with Crippen molar-refractivity contribution in [1.82, 2.24) is 19.3 Å². The number of nitrogens with zero attached hydrogens (tertiary/aromatic N) is 4. The molecule has 6 heteroatoms.